The lowest BCUT2D eigenvalue weighted by Crippen LogP contribution is -2.34. The zero-order chi connectivity index (χ0) is 23.8. The number of hydrogen-bond donors (Lipinski definition) is 1. The van der Waals surface area contributed by atoms with Gasteiger partial charge >= 0.3 is 0 Å². The number of sulfonamides is 2. The summed E-state index contributed by atoms with van der Waals surface area (Å²) in [6, 6.07) is 8.89. The monoisotopic (exact) mass is 478 g/mol. The van der Waals surface area contributed by atoms with Gasteiger partial charge in [-0.2, -0.15) is 8.42 Å². The van der Waals surface area contributed by atoms with Crippen LogP contribution >= 0.6 is 0 Å². The summed E-state index contributed by atoms with van der Waals surface area (Å²) in [4.78, 5) is 14.7. The molecule has 0 bridgehead atoms. The fraction of sp³-hybridized carbons (Fsp3) is 0.333. The van der Waals surface area contributed by atoms with E-state index in [-0.39, 0.29) is 15.4 Å². The van der Waals surface area contributed by atoms with Gasteiger partial charge in [-0.25, -0.2) is 12.7 Å². The van der Waals surface area contributed by atoms with Crippen molar-refractivity contribution in [1.29, 1.82) is 0 Å². The van der Waals surface area contributed by atoms with Crippen LogP contribution < -0.4 is 10.2 Å². The minimum atomic E-state index is -3.93. The van der Waals surface area contributed by atoms with Gasteiger partial charge in [-0.15, -0.1) is 4.40 Å². The average molecular weight is 479 g/mol. The van der Waals surface area contributed by atoms with Crippen LogP contribution in [0.25, 0.3) is 0 Å². The summed E-state index contributed by atoms with van der Waals surface area (Å²) in [5, 5.41) is 2.69. The van der Waals surface area contributed by atoms with E-state index >= 15 is 0 Å². The van der Waals surface area contributed by atoms with Gasteiger partial charge in [0.15, 0.2) is 0 Å². The Morgan fingerprint density at radius 1 is 1.12 bits per heavy atom. The summed E-state index contributed by atoms with van der Waals surface area (Å²) < 4.78 is 55.0. The fourth-order valence-electron chi connectivity index (χ4n) is 3.34. The number of carbonyl (C=O) groups excluding carboxylic acids is 1. The van der Waals surface area contributed by atoms with Crippen molar-refractivity contribution in [3.63, 3.8) is 0 Å². The van der Waals surface area contributed by atoms with Crippen LogP contribution in [0, 0.1) is 6.92 Å². The maximum absolute atomic E-state index is 12.9. The third-order valence-corrected chi connectivity index (χ3v) is 8.32. The molecule has 0 unspecified atom stereocenters. The molecule has 3 rings (SSSR count). The van der Waals surface area contributed by atoms with Gasteiger partial charge in [0, 0.05) is 31.9 Å². The van der Waals surface area contributed by atoms with Crippen molar-refractivity contribution in [3.8, 4) is 0 Å². The van der Waals surface area contributed by atoms with E-state index in [2.05, 4.69) is 9.71 Å². The lowest BCUT2D eigenvalue weighted by atomic mass is 10.1. The molecule has 0 spiro atoms. The largest absolute Gasteiger partial charge is 0.328 e. The van der Waals surface area contributed by atoms with E-state index in [1.54, 1.807) is 36.9 Å². The number of hydrogen-bond acceptors (Lipinski definition) is 6. The van der Waals surface area contributed by atoms with Gasteiger partial charge in [0.2, 0.25) is 10.0 Å². The number of nitrogens with zero attached hydrogens (tertiary/aromatic N) is 3. The number of amidine groups is 1. The van der Waals surface area contributed by atoms with E-state index in [1.165, 1.54) is 32.3 Å². The lowest BCUT2D eigenvalue weighted by Gasteiger charge is -2.29. The van der Waals surface area contributed by atoms with E-state index in [9.17, 15) is 21.6 Å². The molecule has 1 N–H and O–H groups in total. The van der Waals surface area contributed by atoms with E-state index in [0.29, 0.717) is 29.3 Å². The van der Waals surface area contributed by atoms with Crippen molar-refractivity contribution in [1.82, 2.24) is 4.31 Å². The Morgan fingerprint density at radius 2 is 1.81 bits per heavy atom. The van der Waals surface area contributed by atoms with Crippen molar-refractivity contribution in [3.05, 3.63) is 47.5 Å². The number of anilines is 2. The predicted octanol–water partition coefficient (Wildman–Crippen LogP) is 2.83. The summed E-state index contributed by atoms with van der Waals surface area (Å²) in [5.41, 5.74) is 1.58. The Labute approximate surface area is 188 Å². The van der Waals surface area contributed by atoms with Gasteiger partial charge in [0.25, 0.3) is 15.9 Å². The van der Waals surface area contributed by atoms with Crippen molar-refractivity contribution >= 4 is 43.2 Å². The third kappa shape index (κ3) is 4.41. The summed E-state index contributed by atoms with van der Waals surface area (Å²) >= 11 is 0. The molecule has 32 heavy (non-hydrogen) atoms. The number of aryl methyl sites for hydroxylation is 1. The maximum atomic E-state index is 12.9. The van der Waals surface area contributed by atoms with E-state index < -0.39 is 26.0 Å². The second-order valence-corrected chi connectivity index (χ2v) is 11.4. The highest BCUT2D eigenvalue weighted by atomic mass is 32.2. The molecule has 172 valence electrons. The predicted molar refractivity (Wildman–Crippen MR) is 124 cm³/mol. The molecule has 1 aliphatic heterocycles. The second-order valence-electron chi connectivity index (χ2n) is 7.67. The highest BCUT2D eigenvalue weighted by Gasteiger charge is 2.29. The Kier molecular flexibility index (Phi) is 6.45. The first-order valence-electron chi connectivity index (χ1n) is 9.96. The molecule has 0 atom stereocenters. The Hall–Kier alpha value is -2.76. The van der Waals surface area contributed by atoms with Crippen LogP contribution in [0.4, 0.5) is 11.4 Å². The molecule has 0 saturated carbocycles. The van der Waals surface area contributed by atoms with Gasteiger partial charge < -0.3 is 10.2 Å². The van der Waals surface area contributed by atoms with Gasteiger partial charge in [0.05, 0.1) is 10.6 Å². The molecule has 1 heterocycles. The number of nitrogens with one attached hydrogen (secondary N) is 1. The first-order chi connectivity index (χ1) is 14.9. The van der Waals surface area contributed by atoms with E-state index in [1.807, 2.05) is 6.92 Å². The standard InChI is InChI=1S/C21H26N4O5S2/c1-6-11-25-15(3)23-31(27,28)20-12-16(8-10-19(20)25)21(26)22-18-13-17(9-7-14(18)2)32(29,30)24(4)5/h7-10,12-13H,6,11H2,1-5H3,(H,22,26). The second kappa shape index (κ2) is 8.64. The quantitative estimate of drug-likeness (QED) is 0.682. The van der Waals surface area contributed by atoms with Crippen molar-refractivity contribution in [2.24, 2.45) is 4.40 Å². The van der Waals surface area contributed by atoms with Gasteiger partial charge in [-0.3, -0.25) is 4.79 Å². The zero-order valence-electron chi connectivity index (χ0n) is 18.6. The van der Waals surface area contributed by atoms with Crippen LogP contribution in [-0.2, 0) is 20.0 Å². The fourth-order valence-corrected chi connectivity index (χ4v) is 5.53. The summed E-state index contributed by atoms with van der Waals surface area (Å²) in [5.74, 6) is -0.176. The molecule has 0 aliphatic carbocycles. The van der Waals surface area contributed by atoms with Crippen molar-refractivity contribution < 1.29 is 21.6 Å². The minimum Gasteiger partial charge on any atom is -0.328 e. The van der Waals surface area contributed by atoms with Crippen LogP contribution in [-0.4, -0.2) is 53.5 Å². The lowest BCUT2D eigenvalue weighted by molar-refractivity contribution is 0.102. The third-order valence-electron chi connectivity index (χ3n) is 5.12. The Morgan fingerprint density at radius 3 is 2.44 bits per heavy atom. The molecule has 2 aromatic carbocycles. The van der Waals surface area contributed by atoms with Gasteiger partial charge in [-0.05, 0) is 56.2 Å². The molecule has 9 nitrogen and oxygen atoms in total. The molecular weight excluding hydrogens is 452 g/mol. The van der Waals surface area contributed by atoms with Crippen molar-refractivity contribution in [2.45, 2.75) is 37.0 Å². The average Bonchev–Trinajstić information content (AvgIpc) is 2.71. The SMILES string of the molecule is CCCN1C(C)=NS(=O)(=O)c2cc(C(=O)Nc3cc(S(=O)(=O)N(C)C)ccc3C)ccc21. The van der Waals surface area contributed by atoms with Crippen LogP contribution in [0.1, 0.15) is 36.2 Å². The number of rotatable bonds is 6. The van der Waals surface area contributed by atoms with Crippen LogP contribution in [0.5, 0.6) is 0 Å². The summed E-state index contributed by atoms with van der Waals surface area (Å²) in [7, 11) is -4.76. The molecule has 0 aromatic heterocycles. The van der Waals surface area contributed by atoms with Crippen LogP contribution in [0.3, 0.4) is 0 Å². The number of carbonyl (C=O) groups is 1. The molecule has 0 radical (unpaired) electrons. The normalized spacial score (nSPS) is 15.3. The number of amides is 1. The smallest absolute Gasteiger partial charge is 0.286 e. The molecular formula is C21H26N4O5S2. The maximum Gasteiger partial charge on any atom is 0.286 e. The zero-order valence-corrected chi connectivity index (χ0v) is 20.2. The van der Waals surface area contributed by atoms with E-state index in [0.717, 1.165) is 10.7 Å². The Balaban J connectivity index is 1.98. The molecule has 2 aromatic rings. The van der Waals surface area contributed by atoms with Crippen LogP contribution in [0.2, 0.25) is 0 Å². The van der Waals surface area contributed by atoms with Gasteiger partial charge in [-0.1, -0.05) is 13.0 Å². The molecule has 1 amide bonds. The molecule has 11 heteroatoms. The topological polar surface area (TPSA) is 116 Å². The van der Waals surface area contributed by atoms with Crippen LogP contribution in [0.15, 0.2) is 50.6 Å². The minimum absolute atomic E-state index is 0.0372. The highest BCUT2D eigenvalue weighted by molar-refractivity contribution is 7.90. The summed E-state index contributed by atoms with van der Waals surface area (Å²) in [6.45, 7) is 5.94. The number of fused-ring (bicyclic) bond motifs is 1. The highest BCUT2D eigenvalue weighted by Crippen LogP contribution is 2.33. The van der Waals surface area contributed by atoms with Gasteiger partial charge in [0.1, 0.15) is 10.7 Å². The van der Waals surface area contributed by atoms with Crippen molar-refractivity contribution in [2.75, 3.05) is 30.9 Å². The Bertz CT molecular complexity index is 1320. The first kappa shape index (κ1) is 23.9. The summed E-state index contributed by atoms with van der Waals surface area (Å²) in [6.07, 6.45) is 0.792. The molecule has 0 fully saturated rings. The number of benzene rings is 2. The molecule has 0 saturated heterocycles. The van der Waals surface area contributed by atoms with E-state index in [4.69, 9.17) is 0 Å². The first-order valence-corrected chi connectivity index (χ1v) is 12.8. The molecule has 1 aliphatic rings.